The Bertz CT molecular complexity index is 959. The van der Waals surface area contributed by atoms with Crippen molar-refractivity contribution in [1.82, 2.24) is 9.78 Å². The van der Waals surface area contributed by atoms with E-state index in [9.17, 15) is 4.79 Å². The molecule has 0 saturated heterocycles. The van der Waals surface area contributed by atoms with Crippen LogP contribution in [0.15, 0.2) is 54.6 Å². The minimum Gasteiger partial charge on any atom is -0.309 e. The molecule has 0 spiro atoms. The average Bonchev–Trinajstić information content (AvgIpc) is 3.13. The molecule has 0 fully saturated rings. The first kappa shape index (κ1) is 16.6. The lowest BCUT2D eigenvalue weighted by atomic mass is 10.1. The molecule has 2 aromatic carbocycles. The number of aromatic nitrogens is 2. The number of hydrogen-bond donors (Lipinski definition) is 0. The Morgan fingerprint density at radius 1 is 1.08 bits per heavy atom. The molecule has 1 unspecified atom stereocenters. The third kappa shape index (κ3) is 2.71. The van der Waals surface area contributed by atoms with Gasteiger partial charge in [-0.2, -0.15) is 5.10 Å². The summed E-state index contributed by atoms with van der Waals surface area (Å²) in [6, 6.07) is 18.5. The number of carbonyl (C=O) groups is 1. The van der Waals surface area contributed by atoms with Crippen LogP contribution in [0.25, 0.3) is 5.69 Å². The van der Waals surface area contributed by atoms with E-state index in [0.29, 0.717) is 6.42 Å². The van der Waals surface area contributed by atoms with E-state index in [1.54, 1.807) is 0 Å². The summed E-state index contributed by atoms with van der Waals surface area (Å²) in [7, 11) is 0. The van der Waals surface area contributed by atoms with Gasteiger partial charge < -0.3 is 4.90 Å². The van der Waals surface area contributed by atoms with Gasteiger partial charge in [-0.3, -0.25) is 4.79 Å². The van der Waals surface area contributed by atoms with Crippen LogP contribution in [0.1, 0.15) is 29.4 Å². The van der Waals surface area contributed by atoms with E-state index in [1.807, 2.05) is 72.0 Å². The molecule has 1 aliphatic heterocycles. The van der Waals surface area contributed by atoms with Crippen molar-refractivity contribution in [3.8, 4) is 5.69 Å². The van der Waals surface area contributed by atoms with Crippen LogP contribution in [0.3, 0.4) is 0 Å². The number of fused-ring (bicyclic) bond motifs is 1. The lowest BCUT2D eigenvalue weighted by Crippen LogP contribution is -2.37. The molecule has 2 heterocycles. The first-order chi connectivity index (χ1) is 12.6. The summed E-state index contributed by atoms with van der Waals surface area (Å²) < 4.78 is 1.93. The fourth-order valence-electron chi connectivity index (χ4n) is 3.93. The van der Waals surface area contributed by atoms with Gasteiger partial charge in [0.2, 0.25) is 5.91 Å². The zero-order valence-corrected chi connectivity index (χ0v) is 15.4. The third-order valence-electron chi connectivity index (χ3n) is 5.25. The molecule has 1 aliphatic rings. The maximum Gasteiger partial charge on any atom is 0.231 e. The van der Waals surface area contributed by atoms with Crippen molar-refractivity contribution in [3.63, 3.8) is 0 Å². The molecule has 3 aromatic rings. The summed E-state index contributed by atoms with van der Waals surface area (Å²) in [6.07, 6.45) is 1.30. The SMILES string of the molecule is Cc1nn(-c2ccccc2)c(C)c1CC(=O)N1c2ccccc2CC1C. The Balaban J connectivity index is 1.64. The topological polar surface area (TPSA) is 38.1 Å². The zero-order valence-electron chi connectivity index (χ0n) is 15.4. The normalized spacial score (nSPS) is 16.0. The van der Waals surface area contributed by atoms with Crippen LogP contribution in [0.5, 0.6) is 0 Å². The van der Waals surface area contributed by atoms with Crippen molar-refractivity contribution < 1.29 is 4.79 Å². The highest BCUT2D eigenvalue weighted by Crippen LogP contribution is 2.32. The summed E-state index contributed by atoms with van der Waals surface area (Å²) >= 11 is 0. The smallest absolute Gasteiger partial charge is 0.231 e. The van der Waals surface area contributed by atoms with Crippen molar-refractivity contribution in [2.75, 3.05) is 4.90 Å². The van der Waals surface area contributed by atoms with E-state index in [0.717, 1.165) is 34.7 Å². The number of carbonyl (C=O) groups excluding carboxylic acids is 1. The van der Waals surface area contributed by atoms with Crippen LogP contribution in [-0.4, -0.2) is 21.7 Å². The minimum absolute atomic E-state index is 0.140. The molecule has 132 valence electrons. The van der Waals surface area contributed by atoms with Gasteiger partial charge in [0.05, 0.1) is 17.8 Å². The Labute approximate surface area is 154 Å². The number of para-hydroxylation sites is 2. The second kappa shape index (κ2) is 6.45. The number of nitrogens with zero attached hydrogens (tertiary/aromatic N) is 3. The van der Waals surface area contributed by atoms with Crippen molar-refractivity contribution in [1.29, 1.82) is 0 Å². The lowest BCUT2D eigenvalue weighted by Gasteiger charge is -2.23. The van der Waals surface area contributed by atoms with Gasteiger partial charge in [0.1, 0.15) is 0 Å². The quantitative estimate of drug-likeness (QED) is 0.719. The van der Waals surface area contributed by atoms with E-state index in [2.05, 4.69) is 18.1 Å². The maximum atomic E-state index is 13.1. The highest BCUT2D eigenvalue weighted by molar-refractivity contribution is 5.97. The molecule has 0 saturated carbocycles. The monoisotopic (exact) mass is 345 g/mol. The van der Waals surface area contributed by atoms with Crippen LogP contribution in [-0.2, 0) is 17.6 Å². The molecule has 4 nitrogen and oxygen atoms in total. The average molecular weight is 345 g/mol. The van der Waals surface area contributed by atoms with Gasteiger partial charge in [-0.05, 0) is 51.0 Å². The van der Waals surface area contributed by atoms with E-state index >= 15 is 0 Å². The van der Waals surface area contributed by atoms with E-state index < -0.39 is 0 Å². The molecular formula is C22H23N3O. The molecule has 4 rings (SSSR count). The standard InChI is InChI=1S/C22H23N3O/c1-15-13-18-9-7-8-12-21(18)24(15)22(26)14-20-16(2)23-25(17(20)3)19-10-5-4-6-11-19/h4-12,15H,13-14H2,1-3H3. The predicted molar refractivity (Wildman–Crippen MR) is 104 cm³/mol. The van der Waals surface area contributed by atoms with E-state index in [4.69, 9.17) is 0 Å². The molecule has 0 bridgehead atoms. The van der Waals surface area contributed by atoms with Crippen molar-refractivity contribution in [2.45, 2.75) is 39.7 Å². The maximum absolute atomic E-state index is 13.1. The summed E-state index contributed by atoms with van der Waals surface area (Å²) in [5, 5.41) is 4.67. The van der Waals surface area contributed by atoms with Gasteiger partial charge in [-0.1, -0.05) is 36.4 Å². The summed E-state index contributed by atoms with van der Waals surface area (Å²) in [4.78, 5) is 15.1. The molecule has 0 radical (unpaired) electrons. The predicted octanol–water partition coefficient (Wildman–Crippen LogP) is 4.01. The van der Waals surface area contributed by atoms with Crippen molar-refractivity contribution >= 4 is 11.6 Å². The zero-order chi connectivity index (χ0) is 18.3. The van der Waals surface area contributed by atoms with Gasteiger partial charge in [-0.15, -0.1) is 0 Å². The Kier molecular flexibility index (Phi) is 4.11. The summed E-state index contributed by atoms with van der Waals surface area (Å²) in [5.41, 5.74) is 6.29. The summed E-state index contributed by atoms with van der Waals surface area (Å²) in [6.45, 7) is 6.14. The van der Waals surface area contributed by atoms with Gasteiger partial charge in [0.25, 0.3) is 0 Å². The van der Waals surface area contributed by atoms with Crippen molar-refractivity contribution in [2.24, 2.45) is 0 Å². The van der Waals surface area contributed by atoms with Gasteiger partial charge in [0.15, 0.2) is 0 Å². The second-order valence-electron chi connectivity index (χ2n) is 7.02. The fourth-order valence-corrected chi connectivity index (χ4v) is 3.93. The second-order valence-corrected chi connectivity index (χ2v) is 7.02. The number of benzene rings is 2. The minimum atomic E-state index is 0.140. The molecule has 1 amide bonds. The number of hydrogen-bond acceptors (Lipinski definition) is 2. The van der Waals surface area contributed by atoms with E-state index in [-0.39, 0.29) is 11.9 Å². The number of anilines is 1. The molecule has 1 atom stereocenters. The molecule has 1 aromatic heterocycles. The molecular weight excluding hydrogens is 322 g/mol. The fraction of sp³-hybridized carbons (Fsp3) is 0.273. The molecule has 26 heavy (non-hydrogen) atoms. The number of rotatable bonds is 3. The van der Waals surface area contributed by atoms with Crippen LogP contribution >= 0.6 is 0 Å². The highest BCUT2D eigenvalue weighted by Gasteiger charge is 2.31. The van der Waals surface area contributed by atoms with Crippen LogP contribution < -0.4 is 4.90 Å². The largest absolute Gasteiger partial charge is 0.309 e. The Morgan fingerprint density at radius 3 is 2.54 bits per heavy atom. The van der Waals surface area contributed by atoms with E-state index in [1.165, 1.54) is 5.56 Å². The first-order valence-electron chi connectivity index (χ1n) is 9.06. The van der Waals surface area contributed by atoms with Crippen molar-refractivity contribution in [3.05, 3.63) is 77.1 Å². The number of aryl methyl sites for hydroxylation is 1. The number of amides is 1. The Hall–Kier alpha value is -2.88. The first-order valence-corrected chi connectivity index (χ1v) is 9.06. The van der Waals surface area contributed by atoms with Gasteiger partial charge in [0, 0.05) is 23.0 Å². The lowest BCUT2D eigenvalue weighted by molar-refractivity contribution is -0.118. The molecule has 0 N–H and O–H groups in total. The Morgan fingerprint density at radius 2 is 1.77 bits per heavy atom. The van der Waals surface area contributed by atoms with Crippen LogP contribution in [0.4, 0.5) is 5.69 Å². The molecule has 0 aliphatic carbocycles. The van der Waals surface area contributed by atoms with Gasteiger partial charge in [-0.25, -0.2) is 4.68 Å². The summed E-state index contributed by atoms with van der Waals surface area (Å²) in [5.74, 6) is 0.140. The highest BCUT2D eigenvalue weighted by atomic mass is 16.2. The van der Waals surface area contributed by atoms with Crippen LogP contribution in [0.2, 0.25) is 0 Å². The van der Waals surface area contributed by atoms with Gasteiger partial charge >= 0.3 is 0 Å². The van der Waals surface area contributed by atoms with Crippen LogP contribution in [0, 0.1) is 13.8 Å². The third-order valence-corrected chi connectivity index (χ3v) is 5.25. The molecule has 4 heteroatoms.